The Bertz CT molecular complexity index is 647. The van der Waals surface area contributed by atoms with Crippen LogP contribution in [0.4, 0.5) is 0 Å². The summed E-state index contributed by atoms with van der Waals surface area (Å²) >= 11 is 6.18. The van der Waals surface area contributed by atoms with E-state index < -0.39 is 23.7 Å². The third-order valence-corrected chi connectivity index (χ3v) is 4.35. The van der Waals surface area contributed by atoms with E-state index >= 15 is 0 Å². The molecule has 6 nitrogen and oxygen atoms in total. The Balaban J connectivity index is 2.44. The van der Waals surface area contributed by atoms with E-state index in [0.29, 0.717) is 17.1 Å². The summed E-state index contributed by atoms with van der Waals surface area (Å²) in [7, 11) is 3.67. The number of carboxylic acids is 1. The van der Waals surface area contributed by atoms with Crippen LogP contribution >= 0.6 is 11.6 Å². The maximum atomic E-state index is 12.9. The first kappa shape index (κ1) is 17.4. The number of hydrogen-bond donors (Lipinski definition) is 1. The zero-order chi connectivity index (χ0) is 17.2. The maximum Gasteiger partial charge on any atom is 0.304 e. The van der Waals surface area contributed by atoms with Crippen molar-refractivity contribution in [3.63, 3.8) is 0 Å². The van der Waals surface area contributed by atoms with Crippen molar-refractivity contribution in [3.05, 3.63) is 34.9 Å². The number of carbonyl (C=O) groups excluding carboxylic acids is 2. The van der Waals surface area contributed by atoms with Gasteiger partial charge in [-0.3, -0.25) is 19.3 Å². The standard InChI is InChI=1S/C16H19ClN2O4/c1-18(2)7-8-19-13(20)9-16(15(19)23,10-14(21)22)11-5-3-4-6-12(11)17/h3-6H,7-10H2,1-2H3,(H,21,22)/t16-/m1/s1. The number of halogens is 1. The molecule has 1 aliphatic heterocycles. The second-order valence-corrected chi connectivity index (χ2v) is 6.37. The molecule has 1 aliphatic rings. The molecule has 0 saturated carbocycles. The van der Waals surface area contributed by atoms with Gasteiger partial charge in [0.15, 0.2) is 0 Å². The number of likely N-dealkylation sites (tertiary alicyclic amines) is 1. The molecule has 0 aliphatic carbocycles. The number of hydrogen-bond acceptors (Lipinski definition) is 4. The zero-order valence-corrected chi connectivity index (χ0v) is 13.8. The van der Waals surface area contributed by atoms with Gasteiger partial charge < -0.3 is 10.0 Å². The molecule has 1 atom stereocenters. The highest BCUT2D eigenvalue weighted by atomic mass is 35.5. The van der Waals surface area contributed by atoms with Crippen molar-refractivity contribution in [2.24, 2.45) is 0 Å². The van der Waals surface area contributed by atoms with E-state index in [0.717, 1.165) is 4.90 Å². The summed E-state index contributed by atoms with van der Waals surface area (Å²) in [5.74, 6) is -1.99. The number of nitrogens with zero attached hydrogens (tertiary/aromatic N) is 2. The van der Waals surface area contributed by atoms with Crippen LogP contribution in [-0.2, 0) is 19.8 Å². The van der Waals surface area contributed by atoms with Crippen LogP contribution in [0.1, 0.15) is 18.4 Å². The van der Waals surface area contributed by atoms with Gasteiger partial charge in [0.25, 0.3) is 0 Å². The Labute approximate surface area is 139 Å². The SMILES string of the molecule is CN(C)CCN1C(=O)C[C@@](CC(=O)O)(c2ccccc2Cl)C1=O. The summed E-state index contributed by atoms with van der Waals surface area (Å²) in [6.45, 7) is 0.750. The minimum atomic E-state index is -1.42. The predicted molar refractivity (Wildman–Crippen MR) is 85.3 cm³/mol. The summed E-state index contributed by atoms with van der Waals surface area (Å²) in [5.41, 5.74) is -1.03. The molecule has 23 heavy (non-hydrogen) atoms. The highest BCUT2D eigenvalue weighted by Crippen LogP contribution is 2.42. The largest absolute Gasteiger partial charge is 0.481 e. The average molecular weight is 339 g/mol. The molecule has 1 aromatic carbocycles. The Morgan fingerprint density at radius 3 is 2.57 bits per heavy atom. The van der Waals surface area contributed by atoms with Crippen LogP contribution < -0.4 is 0 Å². The second kappa shape index (κ2) is 6.68. The van der Waals surface area contributed by atoms with Crippen molar-refractivity contribution in [2.75, 3.05) is 27.2 Å². The van der Waals surface area contributed by atoms with E-state index in [2.05, 4.69) is 0 Å². The minimum absolute atomic E-state index is 0.171. The van der Waals surface area contributed by atoms with Gasteiger partial charge in [0.05, 0.1) is 11.8 Å². The van der Waals surface area contributed by atoms with E-state index in [9.17, 15) is 19.5 Å². The molecule has 0 bridgehead atoms. The highest BCUT2D eigenvalue weighted by Gasteiger charge is 2.54. The van der Waals surface area contributed by atoms with Gasteiger partial charge in [0.1, 0.15) is 0 Å². The Hall–Kier alpha value is -1.92. The molecule has 0 aromatic heterocycles. The Morgan fingerprint density at radius 2 is 2.00 bits per heavy atom. The fourth-order valence-electron chi connectivity index (χ4n) is 2.88. The first-order valence-corrected chi connectivity index (χ1v) is 7.62. The maximum absolute atomic E-state index is 12.9. The van der Waals surface area contributed by atoms with Crippen LogP contribution in [0.3, 0.4) is 0 Å². The molecule has 1 aromatic rings. The van der Waals surface area contributed by atoms with Gasteiger partial charge in [-0.25, -0.2) is 0 Å². The van der Waals surface area contributed by atoms with E-state index in [1.165, 1.54) is 0 Å². The molecule has 0 unspecified atom stereocenters. The smallest absolute Gasteiger partial charge is 0.304 e. The van der Waals surface area contributed by atoms with Crippen molar-refractivity contribution in [1.82, 2.24) is 9.80 Å². The van der Waals surface area contributed by atoms with Crippen molar-refractivity contribution < 1.29 is 19.5 Å². The van der Waals surface area contributed by atoms with Gasteiger partial charge in [-0.1, -0.05) is 29.8 Å². The first-order chi connectivity index (χ1) is 10.8. The number of amides is 2. The van der Waals surface area contributed by atoms with Crippen LogP contribution in [-0.4, -0.2) is 59.9 Å². The van der Waals surface area contributed by atoms with Crippen LogP contribution in [0.5, 0.6) is 0 Å². The zero-order valence-electron chi connectivity index (χ0n) is 13.1. The molecule has 124 valence electrons. The lowest BCUT2D eigenvalue weighted by Crippen LogP contribution is -2.42. The second-order valence-electron chi connectivity index (χ2n) is 5.96. The number of benzene rings is 1. The summed E-state index contributed by atoms with van der Waals surface area (Å²) in [5, 5.41) is 9.56. The molecule has 1 saturated heterocycles. The van der Waals surface area contributed by atoms with Crippen LogP contribution in [0.15, 0.2) is 24.3 Å². The number of imide groups is 1. The van der Waals surface area contributed by atoms with Gasteiger partial charge in [-0.2, -0.15) is 0 Å². The third-order valence-electron chi connectivity index (χ3n) is 4.02. The number of rotatable bonds is 6. The summed E-state index contributed by atoms with van der Waals surface area (Å²) in [4.78, 5) is 39.6. The molecule has 2 rings (SSSR count). The lowest BCUT2D eigenvalue weighted by molar-refractivity contribution is -0.145. The van der Waals surface area contributed by atoms with Crippen molar-refractivity contribution in [2.45, 2.75) is 18.3 Å². The third kappa shape index (κ3) is 3.38. The Kier molecular flexibility index (Phi) is 5.06. The highest BCUT2D eigenvalue weighted by molar-refractivity contribution is 6.32. The number of likely N-dealkylation sites (N-methyl/N-ethyl adjacent to an activating group) is 1. The molecular formula is C16H19ClN2O4. The van der Waals surface area contributed by atoms with Gasteiger partial charge in [-0.05, 0) is 25.7 Å². The van der Waals surface area contributed by atoms with Gasteiger partial charge in [0.2, 0.25) is 11.8 Å². The monoisotopic (exact) mass is 338 g/mol. The first-order valence-electron chi connectivity index (χ1n) is 7.24. The minimum Gasteiger partial charge on any atom is -0.481 e. The topological polar surface area (TPSA) is 77.9 Å². The normalized spacial score (nSPS) is 21.3. The lowest BCUT2D eigenvalue weighted by atomic mass is 9.76. The van der Waals surface area contributed by atoms with Gasteiger partial charge >= 0.3 is 5.97 Å². The summed E-state index contributed by atoms with van der Waals surface area (Å²) in [6.07, 6.45) is -0.630. The molecular weight excluding hydrogens is 320 g/mol. The van der Waals surface area contributed by atoms with Gasteiger partial charge in [-0.15, -0.1) is 0 Å². The Morgan fingerprint density at radius 1 is 1.35 bits per heavy atom. The van der Waals surface area contributed by atoms with E-state index in [1.807, 2.05) is 19.0 Å². The number of carbonyl (C=O) groups is 3. The predicted octanol–water partition coefficient (Wildman–Crippen LogP) is 1.37. The average Bonchev–Trinajstić information content (AvgIpc) is 2.68. The van der Waals surface area contributed by atoms with E-state index in [-0.39, 0.29) is 18.9 Å². The molecule has 0 radical (unpaired) electrons. The van der Waals surface area contributed by atoms with E-state index in [4.69, 9.17) is 11.6 Å². The fraction of sp³-hybridized carbons (Fsp3) is 0.438. The number of aliphatic carboxylic acids is 1. The molecule has 1 fully saturated rings. The molecule has 0 spiro atoms. The molecule has 1 heterocycles. The lowest BCUT2D eigenvalue weighted by Gasteiger charge is -2.27. The summed E-state index contributed by atoms with van der Waals surface area (Å²) < 4.78 is 0. The number of carboxylic acid groups (broad SMARTS) is 1. The van der Waals surface area contributed by atoms with Crippen LogP contribution in [0.25, 0.3) is 0 Å². The molecule has 2 amide bonds. The van der Waals surface area contributed by atoms with E-state index in [1.54, 1.807) is 24.3 Å². The van der Waals surface area contributed by atoms with Crippen molar-refractivity contribution >= 4 is 29.4 Å². The van der Waals surface area contributed by atoms with Crippen molar-refractivity contribution in [3.8, 4) is 0 Å². The molecule has 7 heteroatoms. The quantitative estimate of drug-likeness (QED) is 0.793. The van der Waals surface area contributed by atoms with Crippen LogP contribution in [0, 0.1) is 0 Å². The van der Waals surface area contributed by atoms with Crippen molar-refractivity contribution in [1.29, 1.82) is 0 Å². The molecule has 1 N–H and O–H groups in total. The summed E-state index contributed by atoms with van der Waals surface area (Å²) in [6, 6.07) is 6.60. The van der Waals surface area contributed by atoms with Gasteiger partial charge in [0, 0.05) is 24.5 Å². The fourth-order valence-corrected chi connectivity index (χ4v) is 3.19. The van der Waals surface area contributed by atoms with Crippen LogP contribution in [0.2, 0.25) is 5.02 Å².